The summed E-state index contributed by atoms with van der Waals surface area (Å²) in [7, 11) is 1.57. The van der Waals surface area contributed by atoms with Crippen molar-refractivity contribution in [2.75, 3.05) is 7.11 Å². The summed E-state index contributed by atoms with van der Waals surface area (Å²) in [6, 6.07) is 7.23. The summed E-state index contributed by atoms with van der Waals surface area (Å²) in [6.07, 6.45) is 0. The van der Waals surface area contributed by atoms with Crippen LogP contribution in [0, 0.1) is 13.8 Å². The van der Waals surface area contributed by atoms with E-state index in [4.69, 9.17) is 4.74 Å². The Bertz CT molecular complexity index is 590. The van der Waals surface area contributed by atoms with Crippen molar-refractivity contribution in [3.05, 3.63) is 51.2 Å². The lowest BCUT2D eigenvalue weighted by Gasteiger charge is -2.09. The molecule has 1 N–H and O–H groups in total. The van der Waals surface area contributed by atoms with E-state index in [0.717, 1.165) is 0 Å². The second-order valence-corrected chi connectivity index (χ2v) is 5.41. The van der Waals surface area contributed by atoms with Gasteiger partial charge in [-0.15, -0.1) is 11.3 Å². The van der Waals surface area contributed by atoms with Crippen molar-refractivity contribution in [1.29, 1.82) is 0 Å². The number of rotatable bonds is 4. The number of hydrogen-bond acceptors (Lipinski definition) is 3. The molecule has 1 heterocycles. The zero-order valence-electron chi connectivity index (χ0n) is 11.3. The molecule has 1 amide bonds. The van der Waals surface area contributed by atoms with Gasteiger partial charge in [0.15, 0.2) is 0 Å². The largest absolute Gasteiger partial charge is 0.496 e. The number of benzene rings is 1. The van der Waals surface area contributed by atoms with Crippen LogP contribution in [0.3, 0.4) is 0 Å². The van der Waals surface area contributed by atoms with E-state index < -0.39 is 0 Å². The summed E-state index contributed by atoms with van der Waals surface area (Å²) in [5.41, 5.74) is 2.99. The Balaban J connectivity index is 2.07. The highest BCUT2D eigenvalue weighted by atomic mass is 32.1. The molecule has 0 radical (unpaired) electrons. The van der Waals surface area contributed by atoms with E-state index in [1.807, 2.05) is 12.1 Å². The molecule has 0 unspecified atom stereocenters. The molecule has 0 fully saturated rings. The van der Waals surface area contributed by atoms with Crippen molar-refractivity contribution in [1.82, 2.24) is 5.32 Å². The highest BCUT2D eigenvalue weighted by molar-refractivity contribution is 7.10. The molecule has 3 nitrogen and oxygen atoms in total. The van der Waals surface area contributed by atoms with Gasteiger partial charge in [-0.1, -0.05) is 12.1 Å². The van der Waals surface area contributed by atoms with Crippen LogP contribution >= 0.6 is 11.3 Å². The Hall–Kier alpha value is -1.81. The van der Waals surface area contributed by atoms with Gasteiger partial charge in [0.05, 0.1) is 12.7 Å². The van der Waals surface area contributed by atoms with Crippen molar-refractivity contribution in [3.8, 4) is 5.75 Å². The molecule has 1 aromatic carbocycles. The SMILES string of the molecule is COc1ccccc1C(=O)NCc1csc(C)c1C. The van der Waals surface area contributed by atoms with Gasteiger partial charge >= 0.3 is 0 Å². The lowest BCUT2D eigenvalue weighted by Crippen LogP contribution is -2.23. The van der Waals surface area contributed by atoms with Crippen molar-refractivity contribution < 1.29 is 9.53 Å². The first kappa shape index (κ1) is 13.6. The Morgan fingerprint density at radius 2 is 2.05 bits per heavy atom. The minimum absolute atomic E-state index is 0.110. The van der Waals surface area contributed by atoms with Gasteiger partial charge in [0.1, 0.15) is 5.75 Å². The monoisotopic (exact) mass is 275 g/mol. The lowest BCUT2D eigenvalue weighted by molar-refractivity contribution is 0.0948. The predicted molar refractivity (Wildman–Crippen MR) is 78.0 cm³/mol. The number of hydrogen-bond donors (Lipinski definition) is 1. The molecule has 0 aliphatic heterocycles. The van der Waals surface area contributed by atoms with E-state index in [2.05, 4.69) is 24.5 Å². The average Bonchev–Trinajstić information content (AvgIpc) is 2.76. The summed E-state index contributed by atoms with van der Waals surface area (Å²) in [5, 5.41) is 5.02. The first-order chi connectivity index (χ1) is 9.13. The third-order valence-corrected chi connectivity index (χ3v) is 4.24. The van der Waals surface area contributed by atoms with Crippen molar-refractivity contribution in [2.24, 2.45) is 0 Å². The van der Waals surface area contributed by atoms with Crippen LogP contribution in [-0.2, 0) is 6.54 Å². The Kier molecular flexibility index (Phi) is 4.22. The molecule has 0 aliphatic carbocycles. The third kappa shape index (κ3) is 2.96. The Morgan fingerprint density at radius 1 is 1.32 bits per heavy atom. The number of carbonyl (C=O) groups excluding carboxylic acids is 1. The first-order valence-electron chi connectivity index (χ1n) is 6.08. The zero-order chi connectivity index (χ0) is 13.8. The van der Waals surface area contributed by atoms with Crippen LogP contribution in [0.5, 0.6) is 5.75 Å². The topological polar surface area (TPSA) is 38.3 Å². The Morgan fingerprint density at radius 3 is 2.68 bits per heavy atom. The van der Waals surface area contributed by atoms with Crippen molar-refractivity contribution in [3.63, 3.8) is 0 Å². The molecular weight excluding hydrogens is 258 g/mol. The number of ether oxygens (including phenoxy) is 1. The predicted octanol–water partition coefficient (Wildman–Crippen LogP) is 3.30. The number of aryl methyl sites for hydroxylation is 1. The fourth-order valence-electron chi connectivity index (χ4n) is 1.84. The van der Waals surface area contributed by atoms with Crippen LogP contribution in [0.4, 0.5) is 0 Å². The molecule has 4 heteroatoms. The molecule has 1 aromatic heterocycles. The molecule has 0 saturated heterocycles. The molecule has 0 atom stereocenters. The van der Waals surface area contributed by atoms with Crippen LogP contribution in [0.15, 0.2) is 29.6 Å². The highest BCUT2D eigenvalue weighted by Gasteiger charge is 2.12. The zero-order valence-corrected chi connectivity index (χ0v) is 12.1. The molecule has 0 saturated carbocycles. The number of nitrogens with one attached hydrogen (secondary N) is 1. The second kappa shape index (κ2) is 5.89. The minimum Gasteiger partial charge on any atom is -0.496 e. The standard InChI is InChI=1S/C15H17NO2S/c1-10-11(2)19-9-12(10)8-16-15(17)13-6-4-5-7-14(13)18-3/h4-7,9H,8H2,1-3H3,(H,16,17). The van der Waals surface area contributed by atoms with Crippen LogP contribution in [-0.4, -0.2) is 13.0 Å². The lowest BCUT2D eigenvalue weighted by atomic mass is 10.1. The summed E-state index contributed by atoms with van der Waals surface area (Å²) in [4.78, 5) is 13.4. The molecule has 0 spiro atoms. The van der Waals surface area contributed by atoms with E-state index in [-0.39, 0.29) is 5.91 Å². The number of thiophene rings is 1. The molecule has 2 aromatic rings. The van der Waals surface area contributed by atoms with Crippen LogP contribution in [0.25, 0.3) is 0 Å². The number of methoxy groups -OCH3 is 1. The normalized spacial score (nSPS) is 10.3. The maximum atomic E-state index is 12.1. The number of amides is 1. The summed E-state index contributed by atoms with van der Waals surface area (Å²) in [6.45, 7) is 4.72. The van der Waals surface area contributed by atoms with Gasteiger partial charge in [-0.05, 0) is 42.5 Å². The maximum Gasteiger partial charge on any atom is 0.255 e. The van der Waals surface area contributed by atoms with E-state index in [1.54, 1.807) is 30.6 Å². The van der Waals surface area contributed by atoms with Crippen molar-refractivity contribution >= 4 is 17.2 Å². The summed E-state index contributed by atoms with van der Waals surface area (Å²) < 4.78 is 5.19. The highest BCUT2D eigenvalue weighted by Crippen LogP contribution is 2.21. The first-order valence-corrected chi connectivity index (χ1v) is 6.96. The smallest absolute Gasteiger partial charge is 0.255 e. The van der Waals surface area contributed by atoms with Crippen LogP contribution in [0.1, 0.15) is 26.4 Å². The summed E-state index contributed by atoms with van der Waals surface area (Å²) >= 11 is 1.71. The van der Waals surface area contributed by atoms with Gasteiger partial charge in [-0.25, -0.2) is 0 Å². The molecule has 2 rings (SSSR count). The van der Waals surface area contributed by atoms with Crippen LogP contribution < -0.4 is 10.1 Å². The minimum atomic E-state index is -0.110. The fourth-order valence-corrected chi connectivity index (χ4v) is 2.73. The maximum absolute atomic E-state index is 12.1. The van der Waals surface area contributed by atoms with Gasteiger partial charge in [0, 0.05) is 11.4 Å². The number of carbonyl (C=O) groups is 1. The third-order valence-electron chi connectivity index (χ3n) is 3.18. The molecule has 0 bridgehead atoms. The molecular formula is C15H17NO2S. The number of para-hydroxylation sites is 1. The van der Waals surface area contributed by atoms with Gasteiger partial charge in [-0.3, -0.25) is 4.79 Å². The van der Waals surface area contributed by atoms with Gasteiger partial charge in [-0.2, -0.15) is 0 Å². The van der Waals surface area contributed by atoms with Gasteiger partial charge in [0.2, 0.25) is 0 Å². The fraction of sp³-hybridized carbons (Fsp3) is 0.267. The average molecular weight is 275 g/mol. The Labute approximate surface area is 117 Å². The quantitative estimate of drug-likeness (QED) is 0.929. The molecule has 19 heavy (non-hydrogen) atoms. The van der Waals surface area contributed by atoms with E-state index in [0.29, 0.717) is 17.9 Å². The summed E-state index contributed by atoms with van der Waals surface area (Å²) in [5.74, 6) is 0.485. The van der Waals surface area contributed by atoms with Crippen LogP contribution in [0.2, 0.25) is 0 Å². The van der Waals surface area contributed by atoms with Crippen molar-refractivity contribution in [2.45, 2.75) is 20.4 Å². The van der Waals surface area contributed by atoms with E-state index in [1.165, 1.54) is 16.0 Å². The second-order valence-electron chi connectivity index (χ2n) is 4.33. The van der Waals surface area contributed by atoms with Gasteiger partial charge in [0.25, 0.3) is 5.91 Å². The molecule has 100 valence electrons. The van der Waals surface area contributed by atoms with Gasteiger partial charge < -0.3 is 10.1 Å². The van der Waals surface area contributed by atoms with E-state index in [9.17, 15) is 4.79 Å². The van der Waals surface area contributed by atoms with E-state index >= 15 is 0 Å². The molecule has 0 aliphatic rings.